The van der Waals surface area contributed by atoms with Gasteiger partial charge in [0.1, 0.15) is 5.60 Å². The number of fused-ring (bicyclic) bond motifs is 2. The van der Waals surface area contributed by atoms with E-state index < -0.39 is 8.60 Å². The SMILES string of the molecule is CCC12COP(OC1)O2. The van der Waals surface area contributed by atoms with E-state index in [4.69, 9.17) is 13.6 Å². The Bertz CT molecular complexity index is 119. The molecule has 2 bridgehead atoms. The lowest BCUT2D eigenvalue weighted by Gasteiger charge is -2.17. The minimum absolute atomic E-state index is 0.0638. The molecule has 52 valence electrons. The quantitative estimate of drug-likeness (QED) is 0.526. The van der Waals surface area contributed by atoms with Gasteiger partial charge < -0.3 is 13.6 Å². The summed E-state index contributed by atoms with van der Waals surface area (Å²) >= 11 is 0. The summed E-state index contributed by atoms with van der Waals surface area (Å²) in [6.07, 6.45) is 0.992. The van der Waals surface area contributed by atoms with Crippen LogP contribution < -0.4 is 0 Å². The summed E-state index contributed by atoms with van der Waals surface area (Å²) in [4.78, 5) is 0. The molecule has 0 aromatic carbocycles. The standard InChI is InChI=1S/C5H9O3P/c1-2-5-3-6-9(8-5)7-4-5/h2-4H2,1H3. The molecular formula is C5H9O3P. The van der Waals surface area contributed by atoms with Crippen LogP contribution in [0.15, 0.2) is 0 Å². The summed E-state index contributed by atoms with van der Waals surface area (Å²) < 4.78 is 15.8. The van der Waals surface area contributed by atoms with Crippen LogP contribution in [0.3, 0.4) is 0 Å². The van der Waals surface area contributed by atoms with Gasteiger partial charge in [0.2, 0.25) is 0 Å². The normalized spacial score (nSPS) is 48.3. The largest absolute Gasteiger partial charge is 0.333 e. The van der Waals surface area contributed by atoms with E-state index in [2.05, 4.69) is 6.92 Å². The number of hydrogen-bond acceptors (Lipinski definition) is 3. The van der Waals surface area contributed by atoms with Gasteiger partial charge in [-0.15, -0.1) is 0 Å². The molecule has 0 N–H and O–H groups in total. The lowest BCUT2D eigenvalue weighted by atomic mass is 10.0. The maximum atomic E-state index is 5.43. The van der Waals surface area contributed by atoms with Crippen LogP contribution in [0.25, 0.3) is 0 Å². The zero-order valence-electron chi connectivity index (χ0n) is 5.29. The monoisotopic (exact) mass is 148 g/mol. The van der Waals surface area contributed by atoms with Crippen LogP contribution in [-0.4, -0.2) is 18.8 Å². The zero-order chi connectivity index (χ0) is 6.32. The van der Waals surface area contributed by atoms with Crippen molar-refractivity contribution in [1.82, 2.24) is 0 Å². The van der Waals surface area contributed by atoms with Crippen LogP contribution >= 0.6 is 8.60 Å². The summed E-state index contributed by atoms with van der Waals surface area (Å²) in [7, 11) is -0.923. The van der Waals surface area contributed by atoms with E-state index in [1.165, 1.54) is 0 Å². The molecule has 9 heavy (non-hydrogen) atoms. The first kappa shape index (κ1) is 6.05. The van der Waals surface area contributed by atoms with Gasteiger partial charge >= 0.3 is 8.60 Å². The average Bonchev–Trinajstić information content (AvgIpc) is 2.46. The molecule has 0 unspecified atom stereocenters. The Morgan fingerprint density at radius 2 is 2.11 bits per heavy atom. The third-order valence-electron chi connectivity index (χ3n) is 1.78. The molecule has 2 aliphatic rings. The molecule has 0 amide bonds. The van der Waals surface area contributed by atoms with Crippen LogP contribution in [0.1, 0.15) is 13.3 Å². The second kappa shape index (κ2) is 1.89. The first-order valence-corrected chi connectivity index (χ1v) is 4.19. The molecule has 3 nitrogen and oxygen atoms in total. The Hall–Kier alpha value is 0.310. The van der Waals surface area contributed by atoms with E-state index in [0.717, 1.165) is 19.6 Å². The molecule has 0 radical (unpaired) electrons. The third kappa shape index (κ3) is 0.802. The second-order valence-electron chi connectivity index (χ2n) is 2.40. The van der Waals surface area contributed by atoms with E-state index >= 15 is 0 Å². The van der Waals surface area contributed by atoms with Crippen molar-refractivity contribution in [2.45, 2.75) is 18.9 Å². The molecule has 2 aliphatic heterocycles. The highest BCUT2D eigenvalue weighted by Gasteiger charge is 2.48. The molecule has 0 saturated carbocycles. The molecule has 4 heteroatoms. The summed E-state index contributed by atoms with van der Waals surface area (Å²) in [5.74, 6) is 0. The molecule has 2 rings (SSSR count). The third-order valence-corrected chi connectivity index (χ3v) is 2.99. The van der Waals surface area contributed by atoms with E-state index in [9.17, 15) is 0 Å². The molecule has 2 fully saturated rings. The number of hydrogen-bond donors (Lipinski definition) is 0. The highest BCUT2D eigenvalue weighted by molar-refractivity contribution is 7.42. The Morgan fingerprint density at radius 1 is 1.44 bits per heavy atom. The minimum Gasteiger partial charge on any atom is -0.309 e. The van der Waals surface area contributed by atoms with Gasteiger partial charge in [0.25, 0.3) is 0 Å². The maximum absolute atomic E-state index is 5.43. The second-order valence-corrected chi connectivity index (χ2v) is 3.54. The van der Waals surface area contributed by atoms with Gasteiger partial charge in [-0.2, -0.15) is 0 Å². The van der Waals surface area contributed by atoms with Crippen LogP contribution in [0, 0.1) is 0 Å². The Kier molecular flexibility index (Phi) is 1.27. The molecule has 0 atom stereocenters. The maximum Gasteiger partial charge on any atom is 0.333 e. The highest BCUT2D eigenvalue weighted by Crippen LogP contribution is 2.58. The molecular weight excluding hydrogens is 139 g/mol. The van der Waals surface area contributed by atoms with Gasteiger partial charge in [0.15, 0.2) is 0 Å². The summed E-state index contributed by atoms with van der Waals surface area (Å²) in [5.41, 5.74) is -0.0638. The summed E-state index contributed by atoms with van der Waals surface area (Å²) in [5, 5.41) is 0. The van der Waals surface area contributed by atoms with Crippen LogP contribution in [-0.2, 0) is 13.6 Å². The van der Waals surface area contributed by atoms with E-state index in [1.807, 2.05) is 0 Å². The summed E-state index contributed by atoms with van der Waals surface area (Å²) in [6, 6.07) is 0. The van der Waals surface area contributed by atoms with Crippen molar-refractivity contribution in [1.29, 1.82) is 0 Å². The van der Waals surface area contributed by atoms with Crippen LogP contribution in [0.4, 0.5) is 0 Å². The van der Waals surface area contributed by atoms with Crippen molar-refractivity contribution in [2.75, 3.05) is 13.2 Å². The van der Waals surface area contributed by atoms with Crippen LogP contribution in [0.2, 0.25) is 0 Å². The predicted octanol–water partition coefficient (Wildman–Crippen LogP) is 1.44. The van der Waals surface area contributed by atoms with Crippen molar-refractivity contribution in [3.8, 4) is 0 Å². The Labute approximate surface area is 55.3 Å². The topological polar surface area (TPSA) is 27.7 Å². The van der Waals surface area contributed by atoms with E-state index in [1.54, 1.807) is 0 Å². The predicted molar refractivity (Wildman–Crippen MR) is 32.9 cm³/mol. The van der Waals surface area contributed by atoms with Gasteiger partial charge in [-0.1, -0.05) is 6.92 Å². The van der Waals surface area contributed by atoms with Crippen molar-refractivity contribution >= 4 is 8.60 Å². The van der Waals surface area contributed by atoms with Crippen molar-refractivity contribution in [3.05, 3.63) is 0 Å². The average molecular weight is 148 g/mol. The van der Waals surface area contributed by atoms with Gasteiger partial charge in [-0.25, -0.2) is 0 Å². The lowest BCUT2D eigenvalue weighted by molar-refractivity contribution is 0.0688. The fourth-order valence-corrected chi connectivity index (χ4v) is 2.36. The lowest BCUT2D eigenvalue weighted by Crippen LogP contribution is -2.33. The molecule has 2 heterocycles. The van der Waals surface area contributed by atoms with Gasteiger partial charge in [0.05, 0.1) is 13.2 Å². The van der Waals surface area contributed by atoms with Crippen molar-refractivity contribution in [3.63, 3.8) is 0 Å². The van der Waals surface area contributed by atoms with E-state index in [-0.39, 0.29) is 5.60 Å². The molecule has 2 saturated heterocycles. The fourth-order valence-electron chi connectivity index (χ4n) is 0.952. The van der Waals surface area contributed by atoms with Crippen molar-refractivity contribution < 1.29 is 13.6 Å². The van der Waals surface area contributed by atoms with Gasteiger partial charge in [0, 0.05) is 0 Å². The van der Waals surface area contributed by atoms with Gasteiger partial charge in [-0.05, 0) is 6.42 Å². The zero-order valence-corrected chi connectivity index (χ0v) is 6.19. The molecule has 0 aromatic heterocycles. The first-order valence-electron chi connectivity index (χ1n) is 3.10. The summed E-state index contributed by atoms with van der Waals surface area (Å²) in [6.45, 7) is 3.56. The Morgan fingerprint density at radius 3 is 2.33 bits per heavy atom. The van der Waals surface area contributed by atoms with Crippen LogP contribution in [0.5, 0.6) is 0 Å². The fraction of sp³-hybridized carbons (Fsp3) is 1.00. The van der Waals surface area contributed by atoms with Crippen molar-refractivity contribution in [2.24, 2.45) is 0 Å². The molecule has 0 spiro atoms. The smallest absolute Gasteiger partial charge is 0.309 e. The molecule has 0 aliphatic carbocycles. The Balaban J connectivity index is 2.13. The van der Waals surface area contributed by atoms with Gasteiger partial charge in [-0.3, -0.25) is 0 Å². The minimum atomic E-state index is -0.923. The first-order chi connectivity index (χ1) is 4.35. The van der Waals surface area contributed by atoms with E-state index in [0.29, 0.717) is 0 Å². The number of rotatable bonds is 1. The highest BCUT2D eigenvalue weighted by atomic mass is 31.2. The molecule has 0 aromatic rings.